The molecule has 0 aliphatic rings. The summed E-state index contributed by atoms with van der Waals surface area (Å²) in [4.78, 5) is 22.8. The zero-order chi connectivity index (χ0) is 13.8. The van der Waals surface area contributed by atoms with Crippen LogP contribution in [0.15, 0.2) is 46.9 Å². The van der Waals surface area contributed by atoms with Crippen LogP contribution in [0.5, 0.6) is 0 Å². The van der Waals surface area contributed by atoms with Crippen LogP contribution in [0.2, 0.25) is 0 Å². The molecule has 19 heavy (non-hydrogen) atoms. The number of amides is 1. The van der Waals surface area contributed by atoms with Crippen LogP contribution in [0.1, 0.15) is 15.9 Å². The van der Waals surface area contributed by atoms with Gasteiger partial charge < -0.3 is 5.32 Å². The van der Waals surface area contributed by atoms with E-state index in [0.717, 1.165) is 0 Å². The molecule has 0 aliphatic heterocycles. The Hall–Kier alpha value is -2.01. The second kappa shape index (κ2) is 5.75. The molecular weight excluding hydrogens is 313 g/mol. The highest BCUT2D eigenvalue weighted by Gasteiger charge is 2.17. The van der Waals surface area contributed by atoms with E-state index in [1.165, 1.54) is 18.2 Å². The predicted molar refractivity (Wildman–Crippen MR) is 73.7 cm³/mol. The molecule has 0 saturated heterocycles. The highest BCUT2D eigenvalue weighted by atomic mass is 79.9. The number of carbonyl (C=O) groups excluding carboxylic acids is 2. The molecule has 0 bridgehead atoms. The van der Waals surface area contributed by atoms with Gasteiger partial charge in [0.25, 0.3) is 0 Å². The third-order valence-electron chi connectivity index (χ3n) is 2.56. The van der Waals surface area contributed by atoms with Gasteiger partial charge in [-0.25, -0.2) is 4.39 Å². The molecule has 0 atom stereocenters. The fourth-order valence-corrected chi connectivity index (χ4v) is 2.05. The largest absolute Gasteiger partial charge is 0.328 e. The molecule has 0 unspecified atom stereocenters. The molecule has 2 rings (SSSR count). The first-order chi connectivity index (χ1) is 9.13. The van der Waals surface area contributed by atoms with Gasteiger partial charge in [-0.15, -0.1) is 0 Å². The minimum atomic E-state index is -0.593. The zero-order valence-corrected chi connectivity index (χ0v) is 11.3. The number of benzene rings is 2. The quantitative estimate of drug-likeness (QED) is 0.693. The summed E-state index contributed by atoms with van der Waals surface area (Å²) < 4.78 is 14.3. The van der Waals surface area contributed by atoms with Gasteiger partial charge >= 0.3 is 0 Å². The van der Waals surface area contributed by atoms with Crippen molar-refractivity contribution < 1.29 is 14.0 Å². The van der Waals surface area contributed by atoms with Crippen LogP contribution in [-0.4, -0.2) is 12.2 Å². The van der Waals surface area contributed by atoms with Gasteiger partial charge in [-0.05, 0) is 30.3 Å². The summed E-state index contributed by atoms with van der Waals surface area (Å²) in [7, 11) is 0. The summed E-state index contributed by atoms with van der Waals surface area (Å²) in [6.45, 7) is 0. The van der Waals surface area contributed by atoms with Crippen molar-refractivity contribution in [1.29, 1.82) is 0 Å². The summed E-state index contributed by atoms with van der Waals surface area (Å²) in [5, 5.41) is 2.43. The number of hydrogen-bond donors (Lipinski definition) is 1. The highest BCUT2D eigenvalue weighted by Crippen LogP contribution is 2.24. The monoisotopic (exact) mass is 321 g/mol. The molecule has 0 saturated carbocycles. The SMILES string of the molecule is O=CNc1ccc(Br)cc1C(=O)c1ccccc1F. The summed E-state index contributed by atoms with van der Waals surface area (Å²) in [5.41, 5.74) is 0.535. The molecule has 0 heterocycles. The summed E-state index contributed by atoms with van der Waals surface area (Å²) in [5.74, 6) is -1.08. The maximum atomic E-state index is 13.6. The van der Waals surface area contributed by atoms with Crippen molar-refractivity contribution in [3.8, 4) is 0 Å². The number of hydrogen-bond acceptors (Lipinski definition) is 2. The maximum absolute atomic E-state index is 13.6. The first kappa shape index (κ1) is 13.4. The third-order valence-corrected chi connectivity index (χ3v) is 3.05. The van der Waals surface area contributed by atoms with E-state index in [1.807, 2.05) is 0 Å². The molecular formula is C14H9BrFNO2. The first-order valence-electron chi connectivity index (χ1n) is 5.42. The molecule has 1 N–H and O–H groups in total. The average Bonchev–Trinajstić information content (AvgIpc) is 2.41. The van der Waals surface area contributed by atoms with Crippen molar-refractivity contribution in [1.82, 2.24) is 0 Å². The second-order valence-electron chi connectivity index (χ2n) is 3.76. The summed E-state index contributed by atoms with van der Waals surface area (Å²) >= 11 is 3.24. The lowest BCUT2D eigenvalue weighted by Crippen LogP contribution is -2.08. The van der Waals surface area contributed by atoms with Gasteiger partial charge in [0.1, 0.15) is 5.82 Å². The molecule has 1 amide bonds. The third kappa shape index (κ3) is 2.88. The standard InChI is InChI=1S/C14H9BrFNO2/c15-9-5-6-13(17-8-18)11(7-9)14(19)10-3-1-2-4-12(10)16/h1-8H,(H,17,18). The van der Waals surface area contributed by atoms with Crippen LogP contribution in [0.4, 0.5) is 10.1 Å². The fourth-order valence-electron chi connectivity index (χ4n) is 1.68. The van der Waals surface area contributed by atoms with Gasteiger partial charge in [-0.2, -0.15) is 0 Å². The molecule has 2 aromatic rings. The molecule has 5 heteroatoms. The Morgan fingerprint density at radius 3 is 2.58 bits per heavy atom. The summed E-state index contributed by atoms with van der Waals surface area (Å²) in [6.07, 6.45) is 0.474. The van der Waals surface area contributed by atoms with Crippen molar-refractivity contribution in [3.05, 3.63) is 63.9 Å². The lowest BCUT2D eigenvalue weighted by atomic mass is 10.0. The van der Waals surface area contributed by atoms with Gasteiger partial charge in [0.2, 0.25) is 6.41 Å². The zero-order valence-electron chi connectivity index (χ0n) is 9.69. The minimum Gasteiger partial charge on any atom is -0.328 e. The first-order valence-corrected chi connectivity index (χ1v) is 6.21. The molecule has 2 aromatic carbocycles. The minimum absolute atomic E-state index is 0.0328. The molecule has 96 valence electrons. The Bertz CT molecular complexity index is 643. The Labute approximate surface area is 117 Å². The van der Waals surface area contributed by atoms with Crippen molar-refractivity contribution in [2.75, 3.05) is 5.32 Å². The number of ketones is 1. The number of halogens is 2. The van der Waals surface area contributed by atoms with E-state index >= 15 is 0 Å². The van der Waals surface area contributed by atoms with Crippen molar-refractivity contribution >= 4 is 33.8 Å². The van der Waals surface area contributed by atoms with Crippen molar-refractivity contribution in [2.24, 2.45) is 0 Å². The fraction of sp³-hybridized carbons (Fsp3) is 0. The van der Waals surface area contributed by atoms with Crippen LogP contribution in [0.3, 0.4) is 0 Å². The van der Waals surface area contributed by atoms with E-state index in [1.54, 1.807) is 24.3 Å². The normalized spacial score (nSPS) is 10.0. The molecule has 0 fully saturated rings. The number of rotatable bonds is 4. The number of nitrogens with one attached hydrogen (secondary N) is 1. The highest BCUT2D eigenvalue weighted by molar-refractivity contribution is 9.10. The van der Waals surface area contributed by atoms with E-state index < -0.39 is 11.6 Å². The van der Waals surface area contributed by atoms with E-state index in [4.69, 9.17) is 0 Å². The second-order valence-corrected chi connectivity index (χ2v) is 4.68. The van der Waals surface area contributed by atoms with Crippen LogP contribution in [-0.2, 0) is 4.79 Å². The molecule has 0 aromatic heterocycles. The Kier molecular flexibility index (Phi) is 4.06. The lowest BCUT2D eigenvalue weighted by Gasteiger charge is -2.08. The number of carbonyl (C=O) groups is 2. The van der Waals surface area contributed by atoms with Crippen LogP contribution >= 0.6 is 15.9 Å². The predicted octanol–water partition coefficient (Wildman–Crippen LogP) is 3.39. The van der Waals surface area contributed by atoms with Crippen molar-refractivity contribution in [3.63, 3.8) is 0 Å². The van der Waals surface area contributed by atoms with Gasteiger partial charge in [0.15, 0.2) is 5.78 Å². The molecule has 3 nitrogen and oxygen atoms in total. The van der Waals surface area contributed by atoms with Crippen molar-refractivity contribution in [2.45, 2.75) is 0 Å². The smallest absolute Gasteiger partial charge is 0.211 e. The van der Waals surface area contributed by atoms with Crippen LogP contribution in [0, 0.1) is 5.82 Å². The van der Waals surface area contributed by atoms with Crippen LogP contribution in [0.25, 0.3) is 0 Å². The molecule has 0 aliphatic carbocycles. The maximum Gasteiger partial charge on any atom is 0.211 e. The van der Waals surface area contributed by atoms with Gasteiger partial charge in [-0.1, -0.05) is 28.1 Å². The average molecular weight is 322 g/mol. The summed E-state index contributed by atoms with van der Waals surface area (Å²) in [6, 6.07) is 10.5. The Morgan fingerprint density at radius 2 is 1.89 bits per heavy atom. The van der Waals surface area contributed by atoms with E-state index in [9.17, 15) is 14.0 Å². The van der Waals surface area contributed by atoms with Gasteiger partial charge in [0.05, 0.1) is 11.3 Å². The molecule has 0 radical (unpaired) electrons. The van der Waals surface area contributed by atoms with Gasteiger partial charge in [0, 0.05) is 10.0 Å². The van der Waals surface area contributed by atoms with E-state index in [2.05, 4.69) is 21.2 Å². The Balaban J connectivity index is 2.52. The van der Waals surface area contributed by atoms with E-state index in [-0.39, 0.29) is 11.1 Å². The Morgan fingerprint density at radius 1 is 1.16 bits per heavy atom. The van der Waals surface area contributed by atoms with Crippen LogP contribution < -0.4 is 5.32 Å². The topological polar surface area (TPSA) is 46.2 Å². The lowest BCUT2D eigenvalue weighted by molar-refractivity contribution is -0.105. The number of anilines is 1. The molecule has 0 spiro atoms. The van der Waals surface area contributed by atoms with E-state index in [0.29, 0.717) is 16.6 Å². The van der Waals surface area contributed by atoms with Gasteiger partial charge in [-0.3, -0.25) is 9.59 Å².